The Kier molecular flexibility index (Phi) is 4.90. The zero-order valence-corrected chi connectivity index (χ0v) is 12.5. The minimum absolute atomic E-state index is 0.0920. The minimum atomic E-state index is -0.379. The molecule has 21 heavy (non-hydrogen) atoms. The van der Waals surface area contributed by atoms with Crippen LogP contribution in [0, 0.1) is 17.0 Å². The topological polar surface area (TPSA) is 75.5 Å². The van der Waals surface area contributed by atoms with Crippen LogP contribution in [0.2, 0.25) is 0 Å². The number of hydrogen-bond donors (Lipinski definition) is 1. The van der Waals surface area contributed by atoms with Gasteiger partial charge in [0, 0.05) is 24.7 Å². The predicted octanol–water partition coefficient (Wildman–Crippen LogP) is 2.00. The second-order valence-corrected chi connectivity index (χ2v) is 5.37. The lowest BCUT2D eigenvalue weighted by Crippen LogP contribution is -2.38. The van der Waals surface area contributed by atoms with E-state index in [0.717, 1.165) is 24.9 Å². The fourth-order valence-electron chi connectivity index (χ4n) is 2.65. The van der Waals surface area contributed by atoms with Gasteiger partial charge in [-0.3, -0.25) is 14.9 Å². The molecule has 1 amide bonds. The average molecular weight is 291 g/mol. The number of amides is 1. The summed E-state index contributed by atoms with van der Waals surface area (Å²) in [5.41, 5.74) is 1.59. The summed E-state index contributed by atoms with van der Waals surface area (Å²) in [5.74, 6) is 0.0920. The van der Waals surface area contributed by atoms with Crippen LogP contribution in [0.25, 0.3) is 0 Å². The monoisotopic (exact) mass is 291 g/mol. The Morgan fingerprint density at radius 3 is 2.90 bits per heavy atom. The number of carbonyl (C=O) groups excluding carboxylic acids is 1. The molecule has 1 atom stereocenters. The maximum atomic E-state index is 12.3. The average Bonchev–Trinajstić information content (AvgIpc) is 2.79. The van der Waals surface area contributed by atoms with Gasteiger partial charge in [0.15, 0.2) is 0 Å². The highest BCUT2D eigenvalue weighted by molar-refractivity contribution is 5.84. The van der Waals surface area contributed by atoms with Crippen LogP contribution < -0.4 is 5.32 Å². The molecular formula is C15H21N3O3. The van der Waals surface area contributed by atoms with Gasteiger partial charge < -0.3 is 10.2 Å². The molecule has 6 nitrogen and oxygen atoms in total. The molecule has 1 fully saturated rings. The number of nitrogens with zero attached hydrogens (tertiary/aromatic N) is 2. The molecule has 1 aromatic carbocycles. The molecule has 1 aliphatic heterocycles. The number of nitrogens with one attached hydrogen (secondary N) is 1. The number of hydrogen-bond acceptors (Lipinski definition) is 4. The molecule has 0 radical (unpaired) electrons. The molecule has 114 valence electrons. The maximum absolute atomic E-state index is 12.3. The summed E-state index contributed by atoms with van der Waals surface area (Å²) in [6.45, 7) is 5.77. The number of nitro benzene ring substituents is 1. The smallest absolute Gasteiger partial charge is 0.272 e. The van der Waals surface area contributed by atoms with E-state index < -0.39 is 0 Å². The summed E-state index contributed by atoms with van der Waals surface area (Å²) in [5, 5.41) is 14.2. The Morgan fingerprint density at radius 2 is 2.24 bits per heavy atom. The van der Waals surface area contributed by atoms with Crippen molar-refractivity contribution in [3.8, 4) is 0 Å². The van der Waals surface area contributed by atoms with Gasteiger partial charge >= 0.3 is 0 Å². The highest BCUT2D eigenvalue weighted by Gasteiger charge is 2.31. The Labute approximate surface area is 124 Å². The Balaban J connectivity index is 2.08. The third-order valence-corrected chi connectivity index (χ3v) is 3.91. The highest BCUT2D eigenvalue weighted by atomic mass is 16.6. The van der Waals surface area contributed by atoms with Crippen molar-refractivity contribution in [1.29, 1.82) is 0 Å². The van der Waals surface area contributed by atoms with E-state index in [1.165, 1.54) is 6.07 Å². The van der Waals surface area contributed by atoms with Crippen LogP contribution in [0.4, 0.5) is 5.69 Å². The minimum Gasteiger partial charge on any atom is -0.337 e. The van der Waals surface area contributed by atoms with Crippen molar-refractivity contribution >= 4 is 11.6 Å². The van der Waals surface area contributed by atoms with Gasteiger partial charge in [0.05, 0.1) is 11.0 Å². The molecule has 6 heteroatoms. The van der Waals surface area contributed by atoms with E-state index in [1.807, 2.05) is 6.07 Å². The third kappa shape index (κ3) is 3.39. The zero-order valence-electron chi connectivity index (χ0n) is 12.5. The first-order valence-electron chi connectivity index (χ1n) is 7.29. The van der Waals surface area contributed by atoms with Gasteiger partial charge in [-0.25, -0.2) is 0 Å². The van der Waals surface area contributed by atoms with Crippen LogP contribution in [0.3, 0.4) is 0 Å². The van der Waals surface area contributed by atoms with E-state index in [4.69, 9.17) is 0 Å². The number of benzene rings is 1. The van der Waals surface area contributed by atoms with Crippen molar-refractivity contribution in [3.63, 3.8) is 0 Å². The second kappa shape index (κ2) is 6.67. The number of likely N-dealkylation sites (tertiary alicyclic amines) is 1. The summed E-state index contributed by atoms with van der Waals surface area (Å²) >= 11 is 0. The largest absolute Gasteiger partial charge is 0.337 e. The van der Waals surface area contributed by atoms with Crippen molar-refractivity contribution in [2.24, 2.45) is 0 Å². The highest BCUT2D eigenvalue weighted by Crippen LogP contribution is 2.24. The van der Waals surface area contributed by atoms with Crippen molar-refractivity contribution in [2.75, 3.05) is 13.1 Å². The number of nitro groups is 1. The molecule has 0 spiro atoms. The van der Waals surface area contributed by atoms with Crippen molar-refractivity contribution < 1.29 is 9.72 Å². The van der Waals surface area contributed by atoms with E-state index >= 15 is 0 Å². The van der Waals surface area contributed by atoms with Crippen molar-refractivity contribution in [3.05, 3.63) is 39.4 Å². The van der Waals surface area contributed by atoms with Crippen LogP contribution in [-0.2, 0) is 11.3 Å². The van der Waals surface area contributed by atoms with Gasteiger partial charge in [-0.15, -0.1) is 0 Å². The van der Waals surface area contributed by atoms with Gasteiger partial charge in [-0.2, -0.15) is 0 Å². The normalized spacial score (nSPS) is 18.3. The van der Waals surface area contributed by atoms with Crippen LogP contribution >= 0.6 is 0 Å². The number of carbonyl (C=O) groups is 1. The molecule has 0 bridgehead atoms. The summed E-state index contributed by atoms with van der Waals surface area (Å²) in [4.78, 5) is 24.6. The molecule has 0 saturated carbocycles. The summed E-state index contributed by atoms with van der Waals surface area (Å²) in [7, 11) is 0. The van der Waals surface area contributed by atoms with Gasteiger partial charge in [0.2, 0.25) is 5.91 Å². The lowest BCUT2D eigenvalue weighted by atomic mass is 10.1. The molecular weight excluding hydrogens is 270 g/mol. The van der Waals surface area contributed by atoms with Gasteiger partial charge in [-0.1, -0.05) is 19.1 Å². The van der Waals surface area contributed by atoms with E-state index in [1.54, 1.807) is 17.9 Å². The summed E-state index contributed by atoms with van der Waals surface area (Å²) in [6.07, 6.45) is 1.79. The molecule has 1 aliphatic rings. The Morgan fingerprint density at radius 1 is 1.48 bits per heavy atom. The van der Waals surface area contributed by atoms with Crippen LogP contribution in [-0.4, -0.2) is 34.9 Å². The number of rotatable bonds is 6. The zero-order chi connectivity index (χ0) is 15.4. The van der Waals surface area contributed by atoms with Crippen molar-refractivity contribution in [2.45, 2.75) is 39.3 Å². The van der Waals surface area contributed by atoms with E-state index in [9.17, 15) is 14.9 Å². The first-order chi connectivity index (χ1) is 10.0. The molecule has 1 saturated heterocycles. The first kappa shape index (κ1) is 15.4. The maximum Gasteiger partial charge on any atom is 0.272 e. The van der Waals surface area contributed by atoms with Gasteiger partial charge in [0.25, 0.3) is 5.69 Å². The van der Waals surface area contributed by atoms with E-state index in [2.05, 4.69) is 12.2 Å². The van der Waals surface area contributed by atoms with E-state index in [0.29, 0.717) is 18.7 Å². The fourth-order valence-corrected chi connectivity index (χ4v) is 2.65. The van der Waals surface area contributed by atoms with Crippen LogP contribution in [0.1, 0.15) is 30.9 Å². The molecule has 1 aromatic rings. The summed E-state index contributed by atoms with van der Waals surface area (Å²) in [6, 6.07) is 4.91. The Bertz CT molecular complexity index is 545. The molecule has 1 heterocycles. The second-order valence-electron chi connectivity index (χ2n) is 5.37. The predicted molar refractivity (Wildman–Crippen MR) is 79.9 cm³/mol. The Hall–Kier alpha value is -1.95. The summed E-state index contributed by atoms with van der Waals surface area (Å²) < 4.78 is 0. The molecule has 0 aromatic heterocycles. The lowest BCUT2D eigenvalue weighted by molar-refractivity contribution is -0.385. The van der Waals surface area contributed by atoms with Gasteiger partial charge in [-0.05, 0) is 31.9 Å². The van der Waals surface area contributed by atoms with Crippen LogP contribution in [0.5, 0.6) is 0 Å². The van der Waals surface area contributed by atoms with E-state index in [-0.39, 0.29) is 22.6 Å². The first-order valence-corrected chi connectivity index (χ1v) is 7.29. The quantitative estimate of drug-likeness (QED) is 0.642. The fraction of sp³-hybridized carbons (Fsp3) is 0.533. The van der Waals surface area contributed by atoms with Gasteiger partial charge in [0.1, 0.15) is 0 Å². The molecule has 1 unspecified atom stereocenters. The third-order valence-electron chi connectivity index (χ3n) is 3.91. The molecule has 2 rings (SSSR count). The lowest BCUT2D eigenvalue weighted by Gasteiger charge is -2.18. The molecule has 1 N–H and O–H groups in total. The van der Waals surface area contributed by atoms with Crippen molar-refractivity contribution in [1.82, 2.24) is 10.2 Å². The standard InChI is InChI=1S/C15H21N3O3/c1-3-8-16-13-7-9-17(15(13)19)10-12-5-4-6-14(11(12)2)18(20)21/h4-6,13,16H,3,7-10H2,1-2H3. The molecule has 0 aliphatic carbocycles. The van der Waals surface area contributed by atoms with Crippen LogP contribution in [0.15, 0.2) is 18.2 Å². The SMILES string of the molecule is CCCNC1CCN(Cc2cccc([N+](=O)[O-])c2C)C1=O.